The Balaban J connectivity index is 1.88. The van der Waals surface area contributed by atoms with E-state index in [-0.39, 0.29) is 18.4 Å². The van der Waals surface area contributed by atoms with Crippen molar-refractivity contribution in [2.45, 2.75) is 33.4 Å². The fourth-order valence-electron chi connectivity index (χ4n) is 3.03. The van der Waals surface area contributed by atoms with E-state index in [1.165, 1.54) is 5.56 Å². The maximum absolute atomic E-state index is 12.8. The second-order valence-corrected chi connectivity index (χ2v) is 7.25. The lowest BCUT2D eigenvalue weighted by Crippen LogP contribution is -2.56. The number of ether oxygens (including phenoxy) is 1. The number of piperazine rings is 1. The molecule has 1 saturated heterocycles. The molecule has 0 spiro atoms. The molecule has 2 amide bonds. The highest BCUT2D eigenvalue weighted by Gasteiger charge is 2.31. The molecule has 0 bridgehead atoms. The normalized spacial score (nSPS) is 16.4. The number of carbonyl (C=O) groups is 2. The summed E-state index contributed by atoms with van der Waals surface area (Å²) in [5.74, 6) is -0.0492. The monoisotopic (exact) mass is 381 g/mol. The van der Waals surface area contributed by atoms with Crippen molar-refractivity contribution >= 4 is 23.6 Å². The lowest BCUT2D eigenvalue weighted by atomic mass is 10.0. The third-order valence-corrected chi connectivity index (χ3v) is 4.70. The van der Waals surface area contributed by atoms with Crippen LogP contribution in [-0.2, 0) is 16.1 Å². The summed E-state index contributed by atoms with van der Waals surface area (Å²) in [7, 11) is 0. The standard InChI is InChI=1S/C19H28ClN3O3/c1-4-26-19(25)21-17(14(2)3)18(24)23-10-8-22(9-11-23)13-15-6-5-7-16(20)12-15/h5-7,12,14,17H,4,8-11,13H2,1-3H3,(H,21,25). The number of hydrogen-bond donors (Lipinski definition) is 1. The van der Waals surface area contributed by atoms with Crippen LogP contribution in [0.25, 0.3) is 0 Å². The van der Waals surface area contributed by atoms with Crippen LogP contribution in [-0.4, -0.2) is 60.6 Å². The van der Waals surface area contributed by atoms with Crippen LogP contribution >= 0.6 is 11.6 Å². The van der Waals surface area contributed by atoms with E-state index in [4.69, 9.17) is 16.3 Å². The molecule has 1 aliphatic heterocycles. The quantitative estimate of drug-likeness (QED) is 0.823. The third kappa shape index (κ3) is 5.88. The molecule has 0 radical (unpaired) electrons. The van der Waals surface area contributed by atoms with Crippen molar-refractivity contribution in [2.75, 3.05) is 32.8 Å². The predicted molar refractivity (Wildman–Crippen MR) is 102 cm³/mol. The number of rotatable bonds is 6. The molecule has 1 N–H and O–H groups in total. The molecule has 1 aromatic carbocycles. The molecule has 0 aromatic heterocycles. The van der Waals surface area contributed by atoms with E-state index in [1.54, 1.807) is 6.92 Å². The first-order chi connectivity index (χ1) is 12.4. The third-order valence-electron chi connectivity index (χ3n) is 4.46. The van der Waals surface area contributed by atoms with Gasteiger partial charge >= 0.3 is 6.09 Å². The smallest absolute Gasteiger partial charge is 0.407 e. The van der Waals surface area contributed by atoms with Gasteiger partial charge in [0.2, 0.25) is 5.91 Å². The number of nitrogens with one attached hydrogen (secondary N) is 1. The number of amides is 2. The molecule has 0 saturated carbocycles. The van der Waals surface area contributed by atoms with Gasteiger partial charge in [-0.15, -0.1) is 0 Å². The molecule has 1 atom stereocenters. The van der Waals surface area contributed by atoms with Crippen molar-refractivity contribution in [1.82, 2.24) is 15.1 Å². The zero-order valence-electron chi connectivity index (χ0n) is 15.7. The molecular weight excluding hydrogens is 354 g/mol. The van der Waals surface area contributed by atoms with Crippen molar-refractivity contribution in [2.24, 2.45) is 5.92 Å². The van der Waals surface area contributed by atoms with Gasteiger partial charge in [0, 0.05) is 37.7 Å². The van der Waals surface area contributed by atoms with Gasteiger partial charge in [0.15, 0.2) is 0 Å². The zero-order valence-corrected chi connectivity index (χ0v) is 16.5. The summed E-state index contributed by atoms with van der Waals surface area (Å²) in [4.78, 5) is 28.6. The average molecular weight is 382 g/mol. The van der Waals surface area contributed by atoms with E-state index in [1.807, 2.05) is 36.9 Å². The maximum Gasteiger partial charge on any atom is 0.407 e. The highest BCUT2D eigenvalue weighted by atomic mass is 35.5. The van der Waals surface area contributed by atoms with Gasteiger partial charge in [0.1, 0.15) is 6.04 Å². The second kappa shape index (κ2) is 9.78. The van der Waals surface area contributed by atoms with Crippen molar-refractivity contribution < 1.29 is 14.3 Å². The number of hydrogen-bond acceptors (Lipinski definition) is 4. The fourth-order valence-corrected chi connectivity index (χ4v) is 3.24. The molecule has 1 heterocycles. The Hall–Kier alpha value is -1.79. The summed E-state index contributed by atoms with van der Waals surface area (Å²) in [5.41, 5.74) is 1.17. The van der Waals surface area contributed by atoms with E-state index in [2.05, 4.69) is 16.3 Å². The minimum atomic E-state index is -0.562. The van der Waals surface area contributed by atoms with Crippen LogP contribution in [0, 0.1) is 5.92 Å². The number of carbonyl (C=O) groups excluding carboxylic acids is 2. The molecular formula is C19H28ClN3O3. The topological polar surface area (TPSA) is 61.9 Å². The van der Waals surface area contributed by atoms with Crippen LogP contribution in [0.3, 0.4) is 0 Å². The fraction of sp³-hybridized carbons (Fsp3) is 0.579. The van der Waals surface area contributed by atoms with E-state index in [0.717, 1.165) is 24.7 Å². The van der Waals surface area contributed by atoms with E-state index < -0.39 is 12.1 Å². The summed E-state index contributed by atoms with van der Waals surface area (Å²) < 4.78 is 4.91. The average Bonchev–Trinajstić information content (AvgIpc) is 2.60. The van der Waals surface area contributed by atoms with Crippen LogP contribution in [0.5, 0.6) is 0 Å². The Kier molecular flexibility index (Phi) is 7.72. The molecule has 1 aromatic rings. The second-order valence-electron chi connectivity index (χ2n) is 6.82. The molecule has 6 nitrogen and oxygen atoms in total. The van der Waals surface area contributed by atoms with Crippen molar-refractivity contribution in [3.05, 3.63) is 34.9 Å². The van der Waals surface area contributed by atoms with Gasteiger partial charge < -0.3 is 15.0 Å². The Morgan fingerprint density at radius 1 is 1.23 bits per heavy atom. The lowest BCUT2D eigenvalue weighted by molar-refractivity contribution is -0.136. The summed E-state index contributed by atoms with van der Waals surface area (Å²) >= 11 is 6.04. The highest BCUT2D eigenvalue weighted by molar-refractivity contribution is 6.30. The summed E-state index contributed by atoms with van der Waals surface area (Å²) in [6.07, 6.45) is -0.542. The Bertz CT molecular complexity index is 616. The number of alkyl carbamates (subject to hydrolysis) is 1. The van der Waals surface area contributed by atoms with Crippen LogP contribution in [0.15, 0.2) is 24.3 Å². The lowest BCUT2D eigenvalue weighted by Gasteiger charge is -2.37. The van der Waals surface area contributed by atoms with Crippen molar-refractivity contribution in [1.29, 1.82) is 0 Å². The van der Waals surface area contributed by atoms with Gasteiger partial charge in [-0.2, -0.15) is 0 Å². The van der Waals surface area contributed by atoms with Crippen molar-refractivity contribution in [3.63, 3.8) is 0 Å². The van der Waals surface area contributed by atoms with Crippen LogP contribution in [0.4, 0.5) is 4.79 Å². The van der Waals surface area contributed by atoms with Crippen molar-refractivity contribution in [3.8, 4) is 0 Å². The van der Waals surface area contributed by atoms with Crippen LogP contribution < -0.4 is 5.32 Å². The van der Waals surface area contributed by atoms with E-state index in [0.29, 0.717) is 13.1 Å². The Morgan fingerprint density at radius 3 is 2.50 bits per heavy atom. The minimum Gasteiger partial charge on any atom is -0.450 e. The van der Waals surface area contributed by atoms with Crippen LogP contribution in [0.2, 0.25) is 5.02 Å². The van der Waals surface area contributed by atoms with Gasteiger partial charge in [-0.1, -0.05) is 37.6 Å². The molecule has 144 valence electrons. The Morgan fingerprint density at radius 2 is 1.92 bits per heavy atom. The molecule has 0 aliphatic carbocycles. The Labute approximate surface area is 160 Å². The zero-order chi connectivity index (χ0) is 19.1. The molecule has 1 aliphatic rings. The molecule has 26 heavy (non-hydrogen) atoms. The van der Waals surface area contributed by atoms with Gasteiger partial charge in [0.05, 0.1) is 6.61 Å². The molecule has 2 rings (SSSR count). The largest absolute Gasteiger partial charge is 0.450 e. The summed E-state index contributed by atoms with van der Waals surface area (Å²) in [6.45, 7) is 9.56. The molecule has 1 fully saturated rings. The first-order valence-corrected chi connectivity index (χ1v) is 9.47. The van der Waals surface area contributed by atoms with Gasteiger partial charge in [0.25, 0.3) is 0 Å². The molecule has 7 heteroatoms. The number of halogens is 1. The minimum absolute atomic E-state index is 0.00334. The van der Waals surface area contributed by atoms with Gasteiger partial charge in [-0.25, -0.2) is 4.79 Å². The highest BCUT2D eigenvalue weighted by Crippen LogP contribution is 2.15. The summed E-state index contributed by atoms with van der Waals surface area (Å²) in [5, 5.41) is 3.43. The predicted octanol–water partition coefficient (Wildman–Crippen LogP) is 2.75. The van der Waals surface area contributed by atoms with Crippen LogP contribution in [0.1, 0.15) is 26.3 Å². The first-order valence-electron chi connectivity index (χ1n) is 9.09. The molecule has 1 unspecified atom stereocenters. The maximum atomic E-state index is 12.8. The van der Waals surface area contributed by atoms with Gasteiger partial charge in [-0.3, -0.25) is 9.69 Å². The summed E-state index contributed by atoms with van der Waals surface area (Å²) in [6, 6.07) is 7.28. The van der Waals surface area contributed by atoms with E-state index in [9.17, 15) is 9.59 Å². The van der Waals surface area contributed by atoms with Gasteiger partial charge in [-0.05, 0) is 30.5 Å². The SMILES string of the molecule is CCOC(=O)NC(C(=O)N1CCN(Cc2cccc(Cl)c2)CC1)C(C)C. The van der Waals surface area contributed by atoms with E-state index >= 15 is 0 Å². The first kappa shape index (κ1) is 20.5. The number of benzene rings is 1. The number of nitrogens with zero attached hydrogens (tertiary/aromatic N) is 2.